The first-order chi connectivity index (χ1) is 13.0. The summed E-state index contributed by atoms with van der Waals surface area (Å²) in [5.41, 5.74) is -0.455. The van der Waals surface area contributed by atoms with Crippen LogP contribution in [-0.2, 0) is 19.1 Å². The van der Waals surface area contributed by atoms with Crippen molar-refractivity contribution >= 4 is 24.6 Å². The first-order valence-electron chi connectivity index (χ1n) is 9.14. The van der Waals surface area contributed by atoms with Crippen molar-refractivity contribution in [1.29, 1.82) is 0 Å². The van der Waals surface area contributed by atoms with Gasteiger partial charge in [-0.1, -0.05) is 30.7 Å². The van der Waals surface area contributed by atoms with Crippen LogP contribution in [-0.4, -0.2) is 63.0 Å². The predicted octanol–water partition coefficient (Wildman–Crippen LogP) is 1.08. The molecule has 1 aliphatic heterocycles. The third-order valence-electron chi connectivity index (χ3n) is 5.19. The van der Waals surface area contributed by atoms with Gasteiger partial charge in [-0.15, -0.1) is 0 Å². The van der Waals surface area contributed by atoms with E-state index in [2.05, 4.69) is 19.2 Å². The first kappa shape index (κ1) is 22.7. The molecule has 6 atom stereocenters. The molecule has 1 fully saturated rings. The summed E-state index contributed by atoms with van der Waals surface area (Å²) in [4.78, 5) is 24.8. The fourth-order valence-corrected chi connectivity index (χ4v) is 3.67. The highest BCUT2D eigenvalue weighted by Gasteiger charge is 2.48. The quantitative estimate of drug-likeness (QED) is 0.237. The second-order valence-electron chi connectivity index (χ2n) is 7.62. The first-order valence-corrected chi connectivity index (χ1v) is 9.66. The minimum atomic E-state index is -2.19. The maximum Gasteiger partial charge on any atom is 0.342 e. The van der Waals surface area contributed by atoms with Gasteiger partial charge in [0, 0.05) is 17.2 Å². The Morgan fingerprint density at radius 2 is 2.00 bits per heavy atom. The van der Waals surface area contributed by atoms with Gasteiger partial charge in [-0.05, 0) is 26.3 Å². The number of hydrogen-bond acceptors (Lipinski definition) is 8. The monoisotopic (exact) mass is 412 g/mol. The van der Waals surface area contributed by atoms with E-state index in [9.17, 15) is 24.9 Å². The second-order valence-corrected chi connectivity index (χ2v) is 8.40. The van der Waals surface area contributed by atoms with Crippen LogP contribution in [0.15, 0.2) is 35.5 Å². The van der Waals surface area contributed by atoms with Crippen LogP contribution in [0.3, 0.4) is 0 Å². The van der Waals surface area contributed by atoms with Crippen LogP contribution in [0.4, 0.5) is 0 Å². The molecule has 0 amide bonds. The molecule has 0 radical (unpaired) electrons. The van der Waals surface area contributed by atoms with E-state index in [0.29, 0.717) is 6.42 Å². The fraction of sp³-hybridized carbons (Fsp3) is 0.600. The van der Waals surface area contributed by atoms with Crippen molar-refractivity contribution in [2.24, 2.45) is 5.92 Å². The number of ether oxygens (including phenoxy) is 2. The average molecular weight is 413 g/mol. The number of carbonyl (C=O) groups is 2. The molecule has 8 heteroatoms. The normalized spacial score (nSPS) is 35.4. The molecule has 1 aliphatic carbocycles. The van der Waals surface area contributed by atoms with Crippen LogP contribution >= 0.6 is 12.6 Å². The molecule has 0 aromatic carbocycles. The lowest BCUT2D eigenvalue weighted by Crippen LogP contribution is -2.52. The molecule has 0 aromatic rings. The molecule has 1 heterocycles. The molecule has 28 heavy (non-hydrogen) atoms. The van der Waals surface area contributed by atoms with Gasteiger partial charge < -0.3 is 24.8 Å². The van der Waals surface area contributed by atoms with E-state index < -0.39 is 53.6 Å². The van der Waals surface area contributed by atoms with E-state index in [0.717, 1.165) is 11.1 Å². The van der Waals surface area contributed by atoms with Gasteiger partial charge in [0.1, 0.15) is 12.2 Å². The van der Waals surface area contributed by atoms with Gasteiger partial charge in [0.25, 0.3) is 0 Å². The number of carbonyl (C=O) groups excluding carboxylic acids is 2. The topological polar surface area (TPSA) is 113 Å². The van der Waals surface area contributed by atoms with Gasteiger partial charge in [-0.3, -0.25) is 0 Å². The van der Waals surface area contributed by atoms with E-state index in [4.69, 9.17) is 9.47 Å². The Morgan fingerprint density at radius 3 is 2.57 bits per heavy atom. The van der Waals surface area contributed by atoms with Gasteiger partial charge in [0.15, 0.2) is 5.60 Å². The smallest absolute Gasteiger partial charge is 0.342 e. The standard InChI is InChI=1S/C20H28O7S/c1-10-5-14(22)6-11(2)8-16(17-12(3)18(23)26-15(17)7-10)27-19(24)20(25,9-21)13(4)28/h6-7,13-17,21-22,25,28H,3,5,8-9H2,1-2,4H3/b10-7+,11-6-. The van der Waals surface area contributed by atoms with Crippen LogP contribution < -0.4 is 0 Å². The van der Waals surface area contributed by atoms with Crippen LogP contribution in [0.5, 0.6) is 0 Å². The van der Waals surface area contributed by atoms with Crippen molar-refractivity contribution in [3.8, 4) is 0 Å². The summed E-state index contributed by atoms with van der Waals surface area (Å²) in [7, 11) is 0. The zero-order chi connectivity index (χ0) is 21.2. The van der Waals surface area contributed by atoms with Crippen molar-refractivity contribution in [2.45, 2.75) is 62.8 Å². The molecule has 0 saturated carbocycles. The Bertz CT molecular complexity index is 711. The molecule has 0 aromatic heterocycles. The molecule has 2 rings (SSSR count). The lowest BCUT2D eigenvalue weighted by molar-refractivity contribution is -0.177. The number of fused-ring (bicyclic) bond motifs is 1. The summed E-state index contributed by atoms with van der Waals surface area (Å²) >= 11 is 4.07. The fourth-order valence-electron chi connectivity index (χ4n) is 3.48. The summed E-state index contributed by atoms with van der Waals surface area (Å²) in [6.07, 6.45) is 1.66. The molecule has 0 bridgehead atoms. The zero-order valence-corrected chi connectivity index (χ0v) is 17.2. The van der Waals surface area contributed by atoms with Gasteiger partial charge in [0.2, 0.25) is 0 Å². The third kappa shape index (κ3) is 4.68. The Morgan fingerprint density at radius 1 is 1.39 bits per heavy atom. The number of thiol groups is 1. The lowest BCUT2D eigenvalue weighted by Gasteiger charge is -2.32. The number of esters is 2. The lowest BCUT2D eigenvalue weighted by atomic mass is 9.85. The van der Waals surface area contributed by atoms with Crippen LogP contribution in [0.25, 0.3) is 0 Å². The Labute approximate surface area is 170 Å². The molecule has 7 nitrogen and oxygen atoms in total. The molecule has 2 aliphatic rings. The maximum atomic E-state index is 12.6. The molecule has 3 N–H and O–H groups in total. The van der Waals surface area contributed by atoms with E-state index >= 15 is 0 Å². The molecular formula is C20H28O7S. The SMILES string of the molecule is C=C1C(=O)OC2/C=C(\C)CC(O)/C=C(/C)CC(OC(=O)C(O)(CO)C(C)S)C12. The molecule has 156 valence electrons. The molecule has 0 spiro atoms. The van der Waals surface area contributed by atoms with Crippen LogP contribution in [0.2, 0.25) is 0 Å². The molecular weight excluding hydrogens is 384 g/mol. The summed E-state index contributed by atoms with van der Waals surface area (Å²) in [5, 5.41) is 29.2. The summed E-state index contributed by atoms with van der Waals surface area (Å²) in [6.45, 7) is 7.99. The van der Waals surface area contributed by atoms with Gasteiger partial charge >= 0.3 is 11.9 Å². The Balaban J connectivity index is 2.43. The minimum absolute atomic E-state index is 0.173. The highest BCUT2D eigenvalue weighted by atomic mass is 32.1. The van der Waals surface area contributed by atoms with E-state index in [1.54, 1.807) is 19.1 Å². The summed E-state index contributed by atoms with van der Waals surface area (Å²) in [5.74, 6) is -2.27. The molecule has 6 unspecified atom stereocenters. The van der Waals surface area contributed by atoms with Crippen molar-refractivity contribution in [1.82, 2.24) is 0 Å². The maximum absolute atomic E-state index is 12.6. The van der Waals surface area contributed by atoms with Crippen molar-refractivity contribution < 1.29 is 34.4 Å². The third-order valence-corrected chi connectivity index (χ3v) is 5.61. The predicted molar refractivity (Wildman–Crippen MR) is 106 cm³/mol. The number of aliphatic hydroxyl groups is 3. The van der Waals surface area contributed by atoms with Crippen molar-refractivity contribution in [3.05, 3.63) is 35.5 Å². The largest absolute Gasteiger partial charge is 0.459 e. The average Bonchev–Trinajstić information content (AvgIpc) is 2.85. The summed E-state index contributed by atoms with van der Waals surface area (Å²) in [6, 6.07) is 0. The Kier molecular flexibility index (Phi) is 7.14. The van der Waals surface area contributed by atoms with E-state index in [1.807, 2.05) is 6.92 Å². The zero-order valence-electron chi connectivity index (χ0n) is 16.3. The summed E-state index contributed by atoms with van der Waals surface area (Å²) < 4.78 is 11.0. The van der Waals surface area contributed by atoms with E-state index in [-0.39, 0.29) is 12.0 Å². The number of hydrogen-bond donors (Lipinski definition) is 4. The van der Waals surface area contributed by atoms with Gasteiger partial charge in [0.05, 0.1) is 18.6 Å². The Hall–Kier alpha value is -1.61. The van der Waals surface area contributed by atoms with Crippen LogP contribution in [0, 0.1) is 5.92 Å². The number of aliphatic hydroxyl groups excluding tert-OH is 2. The van der Waals surface area contributed by atoms with Crippen LogP contribution in [0.1, 0.15) is 33.6 Å². The second kappa shape index (κ2) is 8.82. The minimum Gasteiger partial charge on any atom is -0.459 e. The highest BCUT2D eigenvalue weighted by Crippen LogP contribution is 2.37. The van der Waals surface area contributed by atoms with Crippen molar-refractivity contribution in [2.75, 3.05) is 6.61 Å². The van der Waals surface area contributed by atoms with Gasteiger partial charge in [-0.25, -0.2) is 9.59 Å². The van der Waals surface area contributed by atoms with Gasteiger partial charge in [-0.2, -0.15) is 12.6 Å². The number of rotatable bonds is 4. The molecule has 1 saturated heterocycles. The van der Waals surface area contributed by atoms with Crippen molar-refractivity contribution in [3.63, 3.8) is 0 Å². The van der Waals surface area contributed by atoms with E-state index in [1.165, 1.54) is 6.92 Å². The highest BCUT2D eigenvalue weighted by molar-refractivity contribution is 7.81.